The molecule has 0 saturated heterocycles. The van der Waals surface area contributed by atoms with Crippen molar-refractivity contribution >= 4 is 15.9 Å². The van der Waals surface area contributed by atoms with E-state index in [1.54, 1.807) is 36.4 Å². The van der Waals surface area contributed by atoms with Crippen LogP contribution in [-0.2, 0) is 40.5 Å². The van der Waals surface area contributed by atoms with Gasteiger partial charge in [0.1, 0.15) is 11.8 Å². The van der Waals surface area contributed by atoms with Crippen LogP contribution in [0.5, 0.6) is 5.75 Å². The van der Waals surface area contributed by atoms with Gasteiger partial charge in [-0.3, -0.25) is 4.79 Å². The highest BCUT2D eigenvalue weighted by Gasteiger charge is 2.40. The van der Waals surface area contributed by atoms with Crippen LogP contribution in [0.4, 0.5) is 13.2 Å². The molecule has 10 heteroatoms. The smallest absolute Gasteiger partial charge is 0.416 e. The molecule has 3 aromatic carbocycles. The summed E-state index contributed by atoms with van der Waals surface area (Å²) in [5.74, 6) is 0.118. The van der Waals surface area contributed by atoms with E-state index in [-0.39, 0.29) is 24.4 Å². The first-order valence-electron chi connectivity index (χ1n) is 10.8. The van der Waals surface area contributed by atoms with Crippen LogP contribution < -0.4 is 10.1 Å². The third kappa shape index (κ3) is 5.33. The molecule has 6 nitrogen and oxygen atoms in total. The average molecular weight is 505 g/mol. The van der Waals surface area contributed by atoms with E-state index in [0.29, 0.717) is 5.75 Å². The zero-order chi connectivity index (χ0) is 25.2. The van der Waals surface area contributed by atoms with Gasteiger partial charge in [-0.15, -0.1) is 0 Å². The number of fused-ring (bicyclic) bond motifs is 1. The minimum Gasteiger partial charge on any atom is -0.497 e. The molecule has 184 valence electrons. The van der Waals surface area contributed by atoms with E-state index in [1.807, 2.05) is 12.1 Å². The molecule has 0 radical (unpaired) electrons. The number of methoxy groups -OCH3 is 1. The Labute approximate surface area is 201 Å². The standard InChI is InChI=1S/C25H23F3N2O4S/c1-34-21-8-4-5-17(13-21)15-29-24(31)23-14-18-6-2-3-7-19(18)16-30(23)35(32,33)22-11-9-20(10-12-22)25(26,27)28/h2-13,23H,14-16H2,1H3,(H,29,31). The van der Waals surface area contributed by atoms with Crippen molar-refractivity contribution in [3.8, 4) is 5.75 Å². The number of hydrogen-bond donors (Lipinski definition) is 1. The Morgan fingerprint density at radius 2 is 1.71 bits per heavy atom. The molecule has 0 aromatic heterocycles. The second-order valence-corrected chi connectivity index (χ2v) is 10.0. The molecule has 1 heterocycles. The number of carbonyl (C=O) groups is 1. The van der Waals surface area contributed by atoms with E-state index in [2.05, 4.69) is 5.32 Å². The largest absolute Gasteiger partial charge is 0.497 e. The SMILES string of the molecule is COc1cccc(CNC(=O)C2Cc3ccccc3CN2S(=O)(=O)c2ccc(C(F)(F)F)cc2)c1. The molecule has 1 N–H and O–H groups in total. The Kier molecular flexibility index (Phi) is 6.86. The van der Waals surface area contributed by atoms with Crippen molar-refractivity contribution in [1.82, 2.24) is 9.62 Å². The Balaban J connectivity index is 1.62. The van der Waals surface area contributed by atoms with Gasteiger partial charge < -0.3 is 10.1 Å². The van der Waals surface area contributed by atoms with Gasteiger partial charge in [0, 0.05) is 13.1 Å². The van der Waals surface area contributed by atoms with Crippen LogP contribution in [-0.4, -0.2) is 31.8 Å². The Bertz CT molecular complexity index is 1330. The zero-order valence-electron chi connectivity index (χ0n) is 18.7. The lowest BCUT2D eigenvalue weighted by atomic mass is 9.95. The molecule has 35 heavy (non-hydrogen) atoms. The first-order valence-corrected chi connectivity index (χ1v) is 12.2. The van der Waals surface area contributed by atoms with E-state index in [1.165, 1.54) is 7.11 Å². The van der Waals surface area contributed by atoms with Crippen molar-refractivity contribution < 1.29 is 31.1 Å². The summed E-state index contributed by atoms with van der Waals surface area (Å²) in [6, 6.07) is 16.5. The first-order chi connectivity index (χ1) is 16.6. The molecule has 0 aliphatic carbocycles. The number of sulfonamides is 1. The minimum atomic E-state index is -4.59. The van der Waals surface area contributed by atoms with Crippen LogP contribution in [0.3, 0.4) is 0 Å². The van der Waals surface area contributed by atoms with Gasteiger partial charge in [-0.25, -0.2) is 8.42 Å². The van der Waals surface area contributed by atoms with Crippen LogP contribution in [0, 0.1) is 0 Å². The lowest BCUT2D eigenvalue weighted by Crippen LogP contribution is -2.52. The van der Waals surface area contributed by atoms with Crippen molar-refractivity contribution in [3.05, 3.63) is 95.1 Å². The van der Waals surface area contributed by atoms with Crippen molar-refractivity contribution in [3.63, 3.8) is 0 Å². The summed E-state index contributed by atoms with van der Waals surface area (Å²) in [4.78, 5) is 12.9. The molecule has 1 aliphatic heterocycles. The van der Waals surface area contributed by atoms with Crippen LogP contribution in [0.2, 0.25) is 0 Å². The number of benzene rings is 3. The third-order valence-corrected chi connectivity index (χ3v) is 7.77. The molecule has 1 unspecified atom stereocenters. The molecule has 1 aliphatic rings. The summed E-state index contributed by atoms with van der Waals surface area (Å²) in [5, 5.41) is 2.78. The summed E-state index contributed by atoms with van der Waals surface area (Å²) in [6.07, 6.45) is -4.45. The number of ether oxygens (including phenoxy) is 1. The van der Waals surface area contributed by atoms with E-state index >= 15 is 0 Å². The fourth-order valence-electron chi connectivity index (χ4n) is 4.02. The zero-order valence-corrected chi connectivity index (χ0v) is 19.6. The third-order valence-electron chi connectivity index (χ3n) is 5.90. The second-order valence-electron chi connectivity index (χ2n) is 8.13. The number of rotatable bonds is 6. The van der Waals surface area contributed by atoms with Crippen molar-refractivity contribution in [2.45, 2.75) is 36.6 Å². The van der Waals surface area contributed by atoms with Gasteiger partial charge in [0.2, 0.25) is 15.9 Å². The monoisotopic (exact) mass is 504 g/mol. The molecule has 0 bridgehead atoms. The van der Waals surface area contributed by atoms with Gasteiger partial charge in [-0.1, -0.05) is 36.4 Å². The average Bonchev–Trinajstić information content (AvgIpc) is 2.86. The number of nitrogens with zero attached hydrogens (tertiary/aromatic N) is 1. The van der Waals surface area contributed by atoms with Gasteiger partial charge >= 0.3 is 6.18 Å². The predicted octanol–water partition coefficient (Wildman–Crippen LogP) is 4.15. The molecular formula is C25H23F3N2O4S. The highest BCUT2D eigenvalue weighted by atomic mass is 32.2. The summed E-state index contributed by atoms with van der Waals surface area (Å²) < 4.78 is 72.1. The van der Waals surface area contributed by atoms with Crippen LogP contribution >= 0.6 is 0 Å². The van der Waals surface area contributed by atoms with E-state index < -0.39 is 33.7 Å². The Morgan fingerprint density at radius 1 is 1.03 bits per heavy atom. The number of carbonyl (C=O) groups excluding carboxylic acids is 1. The maximum atomic E-state index is 13.5. The second kappa shape index (κ2) is 9.71. The van der Waals surface area contributed by atoms with Gasteiger partial charge in [0.25, 0.3) is 0 Å². The van der Waals surface area contributed by atoms with E-state index in [9.17, 15) is 26.4 Å². The maximum Gasteiger partial charge on any atom is 0.416 e. The molecular weight excluding hydrogens is 481 g/mol. The number of hydrogen-bond acceptors (Lipinski definition) is 4. The molecule has 0 spiro atoms. The highest BCUT2D eigenvalue weighted by Crippen LogP contribution is 2.32. The van der Waals surface area contributed by atoms with Gasteiger partial charge in [-0.2, -0.15) is 17.5 Å². The highest BCUT2D eigenvalue weighted by molar-refractivity contribution is 7.89. The molecule has 0 saturated carbocycles. The quantitative estimate of drug-likeness (QED) is 0.548. The van der Waals surface area contributed by atoms with Crippen LogP contribution in [0.15, 0.2) is 77.7 Å². The minimum absolute atomic E-state index is 0.0726. The topological polar surface area (TPSA) is 75.7 Å². The molecule has 1 atom stereocenters. The fourth-order valence-corrected chi connectivity index (χ4v) is 5.58. The van der Waals surface area contributed by atoms with Crippen molar-refractivity contribution in [1.29, 1.82) is 0 Å². The van der Waals surface area contributed by atoms with Crippen LogP contribution in [0.1, 0.15) is 22.3 Å². The number of amides is 1. The maximum absolute atomic E-state index is 13.5. The summed E-state index contributed by atoms with van der Waals surface area (Å²) >= 11 is 0. The molecule has 0 fully saturated rings. The first kappa shape index (κ1) is 24.7. The van der Waals surface area contributed by atoms with Gasteiger partial charge in [-0.05, 0) is 59.5 Å². The number of nitrogens with one attached hydrogen (secondary N) is 1. The number of halogens is 3. The summed E-state index contributed by atoms with van der Waals surface area (Å²) in [7, 11) is -2.74. The van der Waals surface area contributed by atoms with Gasteiger partial charge in [0.15, 0.2) is 0 Å². The Hall–Kier alpha value is -3.37. The fraction of sp³-hybridized carbons (Fsp3) is 0.240. The molecule has 3 aromatic rings. The number of alkyl halides is 3. The van der Waals surface area contributed by atoms with Crippen molar-refractivity contribution in [2.75, 3.05) is 7.11 Å². The lowest BCUT2D eigenvalue weighted by Gasteiger charge is -2.35. The normalized spacial score (nSPS) is 16.4. The van der Waals surface area contributed by atoms with E-state index in [4.69, 9.17) is 4.74 Å². The van der Waals surface area contributed by atoms with E-state index in [0.717, 1.165) is 45.3 Å². The van der Waals surface area contributed by atoms with Gasteiger partial charge in [0.05, 0.1) is 17.6 Å². The predicted molar refractivity (Wildman–Crippen MR) is 123 cm³/mol. The lowest BCUT2D eigenvalue weighted by molar-refractivity contribution is -0.137. The summed E-state index contributed by atoms with van der Waals surface area (Å²) in [6.45, 7) is 0.0825. The Morgan fingerprint density at radius 3 is 2.37 bits per heavy atom. The summed E-state index contributed by atoms with van der Waals surface area (Å²) in [5.41, 5.74) is 1.40. The van der Waals surface area contributed by atoms with Crippen LogP contribution in [0.25, 0.3) is 0 Å². The molecule has 4 rings (SSSR count). The van der Waals surface area contributed by atoms with Crippen molar-refractivity contribution in [2.24, 2.45) is 0 Å². The molecule has 1 amide bonds.